The zero-order chi connectivity index (χ0) is 13.9. The molecule has 3 N–H and O–H groups in total. The molecule has 0 radical (unpaired) electrons. The molecule has 1 aromatic heterocycles. The lowest BCUT2D eigenvalue weighted by Gasteiger charge is -2.13. The first-order valence-corrected chi connectivity index (χ1v) is 6.88. The van der Waals surface area contributed by atoms with Crippen LogP contribution in [-0.2, 0) is 0 Å². The Hall–Kier alpha value is -1.85. The molecule has 1 unspecified atom stereocenters. The van der Waals surface area contributed by atoms with Crippen LogP contribution in [-0.4, -0.2) is 28.3 Å². The van der Waals surface area contributed by atoms with E-state index in [4.69, 9.17) is 5.73 Å². The summed E-state index contributed by atoms with van der Waals surface area (Å²) in [5.74, 6) is 0.476. The molecule has 1 aliphatic rings. The SMILES string of the molecule is Cl.NC(CNC(=O)c1ccccc1-n1cccn1)C1CC1. The number of carbonyl (C=O) groups is 1. The number of nitrogens with two attached hydrogens (primary N) is 1. The molecule has 21 heavy (non-hydrogen) atoms. The number of para-hydroxylation sites is 1. The Morgan fingerprint density at radius 2 is 2.14 bits per heavy atom. The van der Waals surface area contributed by atoms with E-state index in [-0.39, 0.29) is 24.4 Å². The van der Waals surface area contributed by atoms with Gasteiger partial charge in [0.25, 0.3) is 5.91 Å². The molecule has 1 fully saturated rings. The van der Waals surface area contributed by atoms with E-state index in [2.05, 4.69) is 10.4 Å². The van der Waals surface area contributed by atoms with Gasteiger partial charge in [0.2, 0.25) is 0 Å². The van der Waals surface area contributed by atoms with E-state index in [1.165, 1.54) is 12.8 Å². The first kappa shape index (κ1) is 15.5. The van der Waals surface area contributed by atoms with Gasteiger partial charge in [-0.3, -0.25) is 4.79 Å². The van der Waals surface area contributed by atoms with E-state index in [9.17, 15) is 4.79 Å². The van der Waals surface area contributed by atoms with Gasteiger partial charge in [0.15, 0.2) is 0 Å². The van der Waals surface area contributed by atoms with Crippen LogP contribution in [0, 0.1) is 5.92 Å². The number of amides is 1. The molecular formula is C15H19ClN4O. The predicted octanol–water partition coefficient (Wildman–Crippen LogP) is 1.76. The Bertz CT molecular complexity index is 595. The van der Waals surface area contributed by atoms with Crippen molar-refractivity contribution in [2.24, 2.45) is 11.7 Å². The molecule has 1 aliphatic carbocycles. The van der Waals surface area contributed by atoms with Crippen molar-refractivity contribution in [3.63, 3.8) is 0 Å². The van der Waals surface area contributed by atoms with Crippen LogP contribution in [0.25, 0.3) is 5.69 Å². The maximum atomic E-state index is 12.3. The number of hydrogen-bond acceptors (Lipinski definition) is 3. The number of carbonyl (C=O) groups excluding carboxylic acids is 1. The molecule has 0 aliphatic heterocycles. The van der Waals surface area contributed by atoms with Crippen LogP contribution >= 0.6 is 12.4 Å². The van der Waals surface area contributed by atoms with Crippen molar-refractivity contribution >= 4 is 18.3 Å². The summed E-state index contributed by atoms with van der Waals surface area (Å²) < 4.78 is 1.69. The monoisotopic (exact) mass is 306 g/mol. The maximum absolute atomic E-state index is 12.3. The van der Waals surface area contributed by atoms with Crippen LogP contribution in [0.3, 0.4) is 0 Å². The minimum atomic E-state index is -0.104. The number of nitrogens with one attached hydrogen (secondary N) is 1. The first-order valence-electron chi connectivity index (χ1n) is 6.88. The van der Waals surface area contributed by atoms with Crippen molar-refractivity contribution in [3.05, 3.63) is 48.3 Å². The highest BCUT2D eigenvalue weighted by Crippen LogP contribution is 2.31. The zero-order valence-electron chi connectivity index (χ0n) is 11.6. The van der Waals surface area contributed by atoms with Gasteiger partial charge in [0.05, 0.1) is 11.3 Å². The van der Waals surface area contributed by atoms with Crippen molar-refractivity contribution in [1.29, 1.82) is 0 Å². The van der Waals surface area contributed by atoms with E-state index < -0.39 is 0 Å². The highest BCUT2D eigenvalue weighted by molar-refractivity contribution is 5.97. The van der Waals surface area contributed by atoms with Crippen molar-refractivity contribution < 1.29 is 4.79 Å². The summed E-state index contributed by atoms with van der Waals surface area (Å²) in [6.45, 7) is 0.525. The number of aromatic nitrogens is 2. The number of halogens is 1. The van der Waals surface area contributed by atoms with E-state index in [1.54, 1.807) is 16.9 Å². The van der Waals surface area contributed by atoms with Crippen LogP contribution in [0.5, 0.6) is 0 Å². The van der Waals surface area contributed by atoms with Gasteiger partial charge in [-0.2, -0.15) is 5.10 Å². The van der Waals surface area contributed by atoms with Crippen molar-refractivity contribution in [1.82, 2.24) is 15.1 Å². The number of benzene rings is 1. The minimum Gasteiger partial charge on any atom is -0.350 e. The standard InChI is InChI=1S/C15H18N4O.ClH/c16-13(11-6-7-11)10-17-15(20)12-4-1-2-5-14(12)19-9-3-8-18-19;/h1-5,8-9,11,13H,6-7,10,16H2,(H,17,20);1H. The van der Waals surface area contributed by atoms with Crippen LogP contribution in [0.15, 0.2) is 42.7 Å². The topological polar surface area (TPSA) is 72.9 Å². The lowest BCUT2D eigenvalue weighted by molar-refractivity contribution is 0.0950. The van der Waals surface area contributed by atoms with E-state index in [0.717, 1.165) is 5.69 Å². The van der Waals surface area contributed by atoms with Gasteiger partial charge in [0.1, 0.15) is 0 Å². The molecule has 2 aromatic rings. The lowest BCUT2D eigenvalue weighted by atomic mass is 10.1. The van der Waals surface area contributed by atoms with Crippen LogP contribution in [0.4, 0.5) is 0 Å². The molecule has 1 saturated carbocycles. The number of nitrogens with zero attached hydrogens (tertiary/aromatic N) is 2. The van der Waals surface area contributed by atoms with Crippen LogP contribution < -0.4 is 11.1 Å². The fourth-order valence-corrected chi connectivity index (χ4v) is 2.27. The van der Waals surface area contributed by atoms with Crippen molar-refractivity contribution in [2.45, 2.75) is 18.9 Å². The molecule has 1 aromatic carbocycles. The lowest BCUT2D eigenvalue weighted by Crippen LogP contribution is -2.38. The molecule has 0 bridgehead atoms. The summed E-state index contributed by atoms with van der Waals surface area (Å²) in [4.78, 5) is 12.3. The zero-order valence-corrected chi connectivity index (χ0v) is 12.4. The summed E-state index contributed by atoms with van der Waals surface area (Å²) in [6, 6.07) is 9.32. The molecule has 0 saturated heterocycles. The van der Waals surface area contributed by atoms with E-state index in [0.29, 0.717) is 18.0 Å². The van der Waals surface area contributed by atoms with E-state index in [1.807, 2.05) is 30.5 Å². The molecule has 6 heteroatoms. The molecule has 1 amide bonds. The molecule has 1 atom stereocenters. The molecular weight excluding hydrogens is 288 g/mol. The molecule has 112 valence electrons. The van der Waals surface area contributed by atoms with Crippen LogP contribution in [0.2, 0.25) is 0 Å². The third-order valence-electron chi connectivity index (χ3n) is 3.63. The summed E-state index contributed by atoms with van der Waals surface area (Å²) in [7, 11) is 0. The highest BCUT2D eigenvalue weighted by Gasteiger charge is 2.28. The third kappa shape index (κ3) is 3.62. The highest BCUT2D eigenvalue weighted by atomic mass is 35.5. The Labute approximate surface area is 129 Å². The maximum Gasteiger partial charge on any atom is 0.253 e. The summed E-state index contributed by atoms with van der Waals surface area (Å²) in [5.41, 5.74) is 7.39. The summed E-state index contributed by atoms with van der Waals surface area (Å²) >= 11 is 0. The Balaban J connectivity index is 0.00000161. The van der Waals surface area contributed by atoms with Gasteiger partial charge >= 0.3 is 0 Å². The normalized spacial score (nSPS) is 15.1. The Morgan fingerprint density at radius 3 is 2.81 bits per heavy atom. The average molecular weight is 307 g/mol. The summed E-state index contributed by atoms with van der Waals surface area (Å²) in [5, 5.41) is 7.09. The Morgan fingerprint density at radius 1 is 1.38 bits per heavy atom. The average Bonchev–Trinajstić information content (AvgIpc) is 3.19. The van der Waals surface area contributed by atoms with Crippen molar-refractivity contribution in [2.75, 3.05) is 6.54 Å². The third-order valence-corrected chi connectivity index (χ3v) is 3.63. The Kier molecular flexibility index (Phi) is 4.98. The van der Waals surface area contributed by atoms with Gasteiger partial charge in [-0.25, -0.2) is 4.68 Å². The second kappa shape index (κ2) is 6.74. The summed E-state index contributed by atoms with van der Waals surface area (Å²) in [6.07, 6.45) is 5.88. The van der Waals surface area contributed by atoms with Crippen molar-refractivity contribution in [3.8, 4) is 5.69 Å². The number of hydrogen-bond donors (Lipinski definition) is 2. The molecule has 0 spiro atoms. The second-order valence-electron chi connectivity index (χ2n) is 5.18. The first-order chi connectivity index (χ1) is 9.75. The second-order valence-corrected chi connectivity index (χ2v) is 5.18. The van der Waals surface area contributed by atoms with Gasteiger partial charge in [0, 0.05) is 25.0 Å². The number of rotatable bonds is 5. The van der Waals surface area contributed by atoms with Gasteiger partial charge in [-0.1, -0.05) is 12.1 Å². The molecule has 3 rings (SSSR count). The van der Waals surface area contributed by atoms with Gasteiger partial charge in [-0.05, 0) is 37.0 Å². The smallest absolute Gasteiger partial charge is 0.253 e. The van der Waals surface area contributed by atoms with Gasteiger partial charge in [-0.15, -0.1) is 12.4 Å². The molecule has 5 nitrogen and oxygen atoms in total. The predicted molar refractivity (Wildman–Crippen MR) is 83.8 cm³/mol. The fraction of sp³-hybridized carbons (Fsp3) is 0.333. The largest absolute Gasteiger partial charge is 0.350 e. The van der Waals surface area contributed by atoms with Gasteiger partial charge < -0.3 is 11.1 Å². The van der Waals surface area contributed by atoms with Crippen LogP contribution in [0.1, 0.15) is 23.2 Å². The van der Waals surface area contributed by atoms with E-state index >= 15 is 0 Å². The minimum absolute atomic E-state index is 0. The fourth-order valence-electron chi connectivity index (χ4n) is 2.27. The quantitative estimate of drug-likeness (QED) is 0.884. The molecule has 1 heterocycles.